The standard InChI is InChI=1S/C36H41N3O8P2/c1-5-37(6-2)26-17-19-30-32(22-26)47-33-23-27(38(7-3)8-4)18-20-31(33)36(30)29-12-10-9-11-28(29)35(40)39(36)25-15-13-24(14-16-25)21-34(48(41,42)43)49(44,45)46/h9-20,22-23,34H,5-8,21H2,1-4H3,(H2,41,42,43)(H2,44,45,46). The van der Waals surface area contributed by atoms with Crippen molar-refractivity contribution in [3.05, 3.63) is 113 Å². The predicted octanol–water partition coefficient (Wildman–Crippen LogP) is 6.66. The van der Waals surface area contributed by atoms with Crippen LogP contribution in [0.4, 0.5) is 17.1 Å². The number of nitrogens with zero attached hydrogens (tertiary/aromatic N) is 3. The first-order valence-corrected chi connectivity index (χ1v) is 19.8. The summed E-state index contributed by atoms with van der Waals surface area (Å²) in [6.45, 7) is 11.6. The van der Waals surface area contributed by atoms with Crippen molar-refractivity contribution in [3.63, 3.8) is 0 Å². The van der Waals surface area contributed by atoms with Crippen molar-refractivity contribution in [1.82, 2.24) is 0 Å². The van der Waals surface area contributed by atoms with Gasteiger partial charge in [-0.15, -0.1) is 0 Å². The molecule has 0 unspecified atom stereocenters. The Morgan fingerprint density at radius 3 is 1.65 bits per heavy atom. The Balaban J connectivity index is 1.59. The number of anilines is 3. The first kappa shape index (κ1) is 34.9. The number of benzene rings is 4. The summed E-state index contributed by atoms with van der Waals surface area (Å²) < 4.78 is 30.8. The number of fused-ring (bicyclic) bond motifs is 6. The Kier molecular flexibility index (Phi) is 9.30. The zero-order chi connectivity index (χ0) is 35.3. The van der Waals surface area contributed by atoms with Crippen LogP contribution in [0.3, 0.4) is 0 Å². The lowest BCUT2D eigenvalue weighted by Gasteiger charge is -2.44. The largest absolute Gasteiger partial charge is 0.456 e. The van der Waals surface area contributed by atoms with Gasteiger partial charge in [-0.1, -0.05) is 42.5 Å². The van der Waals surface area contributed by atoms with E-state index in [9.17, 15) is 33.5 Å². The summed E-state index contributed by atoms with van der Waals surface area (Å²) in [5, 5.41) is -2.18. The average Bonchev–Trinajstić information content (AvgIpc) is 3.32. The number of carbonyl (C=O) groups excluding carboxylic acids is 1. The highest BCUT2D eigenvalue weighted by Crippen LogP contribution is 2.62. The van der Waals surface area contributed by atoms with Crippen LogP contribution in [0.2, 0.25) is 0 Å². The Morgan fingerprint density at radius 1 is 0.694 bits per heavy atom. The topological polar surface area (TPSA) is 151 Å². The van der Waals surface area contributed by atoms with Gasteiger partial charge in [-0.2, -0.15) is 0 Å². The van der Waals surface area contributed by atoms with Gasteiger partial charge in [0.15, 0.2) is 5.40 Å². The predicted molar refractivity (Wildman–Crippen MR) is 191 cm³/mol. The van der Waals surface area contributed by atoms with Gasteiger partial charge in [0.2, 0.25) is 0 Å². The van der Waals surface area contributed by atoms with Crippen LogP contribution in [0.25, 0.3) is 0 Å². The molecule has 0 bridgehead atoms. The third-order valence-electron chi connectivity index (χ3n) is 9.66. The molecule has 13 heteroatoms. The molecule has 258 valence electrons. The molecule has 49 heavy (non-hydrogen) atoms. The van der Waals surface area contributed by atoms with E-state index in [2.05, 4.69) is 37.5 Å². The Hall–Kier alpha value is -3.95. The molecule has 2 aliphatic rings. The lowest BCUT2D eigenvalue weighted by atomic mass is 9.74. The van der Waals surface area contributed by atoms with Crippen molar-refractivity contribution in [2.24, 2.45) is 0 Å². The number of hydrogen-bond donors (Lipinski definition) is 4. The van der Waals surface area contributed by atoms with Gasteiger partial charge in [-0.25, -0.2) is 0 Å². The van der Waals surface area contributed by atoms with E-state index in [4.69, 9.17) is 4.74 Å². The Labute approximate surface area is 286 Å². The van der Waals surface area contributed by atoms with Crippen molar-refractivity contribution in [2.45, 2.75) is 45.1 Å². The number of amides is 1. The van der Waals surface area contributed by atoms with Crippen LogP contribution in [0.1, 0.15) is 60.3 Å². The average molecular weight is 706 g/mol. The molecule has 0 atom stereocenters. The maximum atomic E-state index is 14.6. The molecule has 0 radical (unpaired) electrons. The first-order valence-electron chi connectivity index (χ1n) is 16.4. The molecular formula is C36H41N3O8P2. The molecule has 1 spiro atoms. The highest BCUT2D eigenvalue weighted by molar-refractivity contribution is 7.70. The normalized spacial score (nSPS) is 14.8. The van der Waals surface area contributed by atoms with E-state index in [0.29, 0.717) is 28.3 Å². The van der Waals surface area contributed by atoms with Crippen LogP contribution in [0.15, 0.2) is 84.9 Å². The monoisotopic (exact) mass is 705 g/mol. The molecule has 4 aromatic carbocycles. The fraction of sp³-hybridized carbons (Fsp3) is 0.306. The maximum absolute atomic E-state index is 14.6. The van der Waals surface area contributed by atoms with Crippen molar-refractivity contribution in [1.29, 1.82) is 0 Å². The summed E-state index contributed by atoms with van der Waals surface area (Å²) in [4.78, 5) is 59.6. The number of carbonyl (C=O) groups is 1. The second-order valence-electron chi connectivity index (χ2n) is 12.2. The molecule has 4 N–H and O–H groups in total. The zero-order valence-corrected chi connectivity index (χ0v) is 29.6. The SMILES string of the molecule is CCN(CC)c1ccc2c(c1)Oc1cc(N(CC)CC)ccc1C21c2ccccc2C(=O)N1c1ccc(CC(P(=O)(O)O)P(=O)(O)O)cc1. The number of ether oxygens (including phenoxy) is 1. The lowest BCUT2D eigenvalue weighted by molar-refractivity contribution is 0.0985. The summed E-state index contributed by atoms with van der Waals surface area (Å²) in [6.07, 6.45) is -0.546. The van der Waals surface area contributed by atoms with Gasteiger partial charge in [-0.3, -0.25) is 18.8 Å². The molecular weight excluding hydrogens is 664 g/mol. The molecule has 0 aromatic heterocycles. The second kappa shape index (κ2) is 13.1. The number of hydrogen-bond acceptors (Lipinski definition) is 6. The van der Waals surface area contributed by atoms with E-state index in [1.54, 1.807) is 29.2 Å². The van der Waals surface area contributed by atoms with Crippen LogP contribution in [0, 0.1) is 0 Å². The summed E-state index contributed by atoms with van der Waals surface area (Å²) in [6, 6.07) is 26.1. The van der Waals surface area contributed by atoms with Crippen LogP contribution in [-0.2, 0) is 21.1 Å². The molecule has 0 aliphatic carbocycles. The third kappa shape index (κ3) is 5.88. The first-order chi connectivity index (χ1) is 23.3. The summed E-state index contributed by atoms with van der Waals surface area (Å²) in [7, 11) is -10.3. The smallest absolute Gasteiger partial charge is 0.341 e. The van der Waals surface area contributed by atoms with E-state index in [0.717, 1.165) is 54.2 Å². The van der Waals surface area contributed by atoms with Crippen molar-refractivity contribution in [2.75, 3.05) is 40.9 Å². The Bertz CT molecular complexity index is 1900. The molecule has 6 rings (SSSR count). The van der Waals surface area contributed by atoms with Gasteiger partial charge >= 0.3 is 15.2 Å². The molecule has 2 aliphatic heterocycles. The fourth-order valence-electron chi connectivity index (χ4n) is 7.27. The molecule has 0 saturated heterocycles. The summed E-state index contributed by atoms with van der Waals surface area (Å²) >= 11 is 0. The zero-order valence-electron chi connectivity index (χ0n) is 27.9. The second-order valence-corrected chi connectivity index (χ2v) is 16.2. The third-order valence-corrected chi connectivity index (χ3v) is 13.4. The minimum Gasteiger partial charge on any atom is -0.456 e. The van der Waals surface area contributed by atoms with E-state index >= 15 is 0 Å². The van der Waals surface area contributed by atoms with Crippen molar-refractivity contribution < 1.29 is 38.2 Å². The van der Waals surface area contributed by atoms with E-state index in [-0.39, 0.29) is 5.91 Å². The summed E-state index contributed by atoms with van der Waals surface area (Å²) in [5.41, 5.74) is 4.47. The van der Waals surface area contributed by atoms with Gasteiger partial charge in [0, 0.05) is 77.6 Å². The molecule has 2 heterocycles. The van der Waals surface area contributed by atoms with Crippen molar-refractivity contribution >= 4 is 38.2 Å². The molecule has 0 saturated carbocycles. The van der Waals surface area contributed by atoms with Gasteiger partial charge in [-0.05, 0) is 70.0 Å². The highest BCUT2D eigenvalue weighted by atomic mass is 31.2. The molecule has 11 nitrogen and oxygen atoms in total. The fourth-order valence-corrected chi connectivity index (χ4v) is 9.73. The number of rotatable bonds is 11. The van der Waals surface area contributed by atoms with Crippen LogP contribution >= 0.6 is 15.2 Å². The lowest BCUT2D eigenvalue weighted by Crippen LogP contribution is -2.47. The molecule has 4 aromatic rings. The van der Waals surface area contributed by atoms with Crippen LogP contribution in [-0.4, -0.2) is 57.1 Å². The van der Waals surface area contributed by atoms with Gasteiger partial charge in [0.25, 0.3) is 5.91 Å². The van der Waals surface area contributed by atoms with Crippen molar-refractivity contribution in [3.8, 4) is 11.5 Å². The minimum atomic E-state index is -5.13. The van der Waals surface area contributed by atoms with Gasteiger partial charge < -0.3 is 34.1 Å². The van der Waals surface area contributed by atoms with Crippen LogP contribution in [0.5, 0.6) is 11.5 Å². The van der Waals surface area contributed by atoms with E-state index in [1.165, 1.54) is 0 Å². The van der Waals surface area contributed by atoms with E-state index < -0.39 is 32.6 Å². The maximum Gasteiger partial charge on any atom is 0.341 e. The Morgan fingerprint density at radius 2 is 1.18 bits per heavy atom. The van der Waals surface area contributed by atoms with Gasteiger partial charge in [0.1, 0.15) is 17.0 Å². The quantitative estimate of drug-likeness (QED) is 0.125. The minimum absolute atomic E-state index is 0.244. The van der Waals surface area contributed by atoms with E-state index in [1.807, 2.05) is 60.7 Å². The van der Waals surface area contributed by atoms with Gasteiger partial charge in [0.05, 0.1) is 0 Å². The molecule has 1 amide bonds. The van der Waals surface area contributed by atoms with Crippen LogP contribution < -0.4 is 19.4 Å². The molecule has 0 fully saturated rings. The summed E-state index contributed by atoms with van der Waals surface area (Å²) in [5.74, 6) is 0.989. The highest BCUT2D eigenvalue weighted by Gasteiger charge is 2.57.